The average molecular weight is 307 g/mol. The molecule has 8 heteroatoms. The molecule has 0 spiro atoms. The fourth-order valence-electron chi connectivity index (χ4n) is 2.25. The number of hydrogen-bond donors (Lipinski definition) is 1. The van der Waals surface area contributed by atoms with Crippen LogP contribution in [0.1, 0.15) is 18.9 Å². The first-order valence-corrected chi connectivity index (χ1v) is 8.18. The Labute approximate surface area is 123 Å². The molecule has 1 aliphatic rings. The molecule has 3 rings (SSSR count). The Balaban J connectivity index is 2.15. The number of rotatable bonds is 4. The van der Waals surface area contributed by atoms with Crippen LogP contribution in [0.4, 0.5) is 5.69 Å². The maximum Gasteiger partial charge on any atom is 0.273 e. The van der Waals surface area contributed by atoms with Crippen molar-refractivity contribution in [3.8, 4) is 11.4 Å². The normalized spacial score (nSPS) is 15.2. The molecule has 2 aromatic rings. The Morgan fingerprint density at radius 3 is 2.57 bits per heavy atom. The molecule has 1 aliphatic carbocycles. The van der Waals surface area contributed by atoms with E-state index in [0.29, 0.717) is 5.82 Å². The van der Waals surface area contributed by atoms with E-state index in [4.69, 9.17) is 5.14 Å². The second kappa shape index (κ2) is 4.81. The Hall–Kier alpha value is -1.93. The zero-order valence-electron chi connectivity index (χ0n) is 11.9. The molecule has 0 aliphatic heterocycles. The highest BCUT2D eigenvalue weighted by molar-refractivity contribution is 7.89. The van der Waals surface area contributed by atoms with E-state index in [1.807, 2.05) is 43.3 Å². The van der Waals surface area contributed by atoms with Gasteiger partial charge in [-0.15, -0.1) is 10.2 Å². The highest BCUT2D eigenvalue weighted by Crippen LogP contribution is 2.40. The summed E-state index contributed by atoms with van der Waals surface area (Å²) in [5.41, 5.74) is 1.84. The van der Waals surface area contributed by atoms with Crippen molar-refractivity contribution >= 4 is 15.7 Å². The molecule has 0 saturated heterocycles. The number of nitrogens with zero attached hydrogens (tertiary/aromatic N) is 4. The third kappa shape index (κ3) is 2.64. The zero-order valence-corrected chi connectivity index (χ0v) is 12.7. The monoisotopic (exact) mass is 307 g/mol. The molecule has 1 saturated carbocycles. The number of sulfonamides is 1. The van der Waals surface area contributed by atoms with Crippen molar-refractivity contribution in [1.82, 2.24) is 14.8 Å². The van der Waals surface area contributed by atoms with Gasteiger partial charge >= 0.3 is 0 Å². The number of hydrogen-bond acceptors (Lipinski definition) is 5. The second-order valence-electron chi connectivity index (χ2n) is 5.40. The van der Waals surface area contributed by atoms with Crippen LogP contribution in [0, 0.1) is 0 Å². The van der Waals surface area contributed by atoms with Gasteiger partial charge < -0.3 is 4.90 Å². The number of nitrogens with two attached hydrogens (primary N) is 1. The van der Waals surface area contributed by atoms with Gasteiger partial charge in [0.25, 0.3) is 15.2 Å². The number of aromatic nitrogens is 3. The van der Waals surface area contributed by atoms with Gasteiger partial charge in [0, 0.05) is 31.4 Å². The highest BCUT2D eigenvalue weighted by atomic mass is 32.2. The lowest BCUT2D eigenvalue weighted by Gasteiger charge is -2.14. The van der Waals surface area contributed by atoms with Crippen molar-refractivity contribution in [1.29, 1.82) is 0 Å². The van der Waals surface area contributed by atoms with Crippen LogP contribution in [-0.4, -0.2) is 37.3 Å². The van der Waals surface area contributed by atoms with E-state index in [-0.39, 0.29) is 11.2 Å². The third-order valence-electron chi connectivity index (χ3n) is 3.45. The van der Waals surface area contributed by atoms with E-state index in [9.17, 15) is 8.42 Å². The predicted octanol–water partition coefficient (Wildman–Crippen LogP) is 0.993. The third-order valence-corrected chi connectivity index (χ3v) is 4.24. The lowest BCUT2D eigenvalue weighted by molar-refractivity contribution is 0.567. The summed E-state index contributed by atoms with van der Waals surface area (Å²) in [6, 6.07) is 7.85. The molecule has 1 aromatic heterocycles. The Bertz CT molecular complexity index is 778. The first kappa shape index (κ1) is 14.0. The molecule has 1 fully saturated rings. The summed E-state index contributed by atoms with van der Waals surface area (Å²) >= 11 is 0. The van der Waals surface area contributed by atoms with Crippen LogP contribution in [0.2, 0.25) is 0 Å². The first-order valence-electron chi connectivity index (χ1n) is 6.63. The molecule has 112 valence electrons. The summed E-state index contributed by atoms with van der Waals surface area (Å²) in [5.74, 6) is 0.547. The van der Waals surface area contributed by atoms with E-state index in [0.717, 1.165) is 24.1 Å². The summed E-state index contributed by atoms with van der Waals surface area (Å²) in [4.78, 5) is 1.97. The largest absolute Gasteiger partial charge is 0.378 e. The van der Waals surface area contributed by atoms with Crippen molar-refractivity contribution in [3.05, 3.63) is 24.3 Å². The minimum atomic E-state index is -3.87. The van der Waals surface area contributed by atoms with Gasteiger partial charge in [-0.1, -0.05) is 12.1 Å². The molecule has 1 heterocycles. The molecule has 1 aromatic carbocycles. The number of anilines is 1. The SMILES string of the molecule is CN(C)c1cccc(-c2nnc(S(N)(=O)=O)n2C2CC2)c1. The van der Waals surface area contributed by atoms with E-state index < -0.39 is 10.0 Å². The van der Waals surface area contributed by atoms with Gasteiger partial charge in [-0.25, -0.2) is 13.6 Å². The molecule has 0 unspecified atom stereocenters. The second-order valence-corrected chi connectivity index (χ2v) is 6.85. The highest BCUT2D eigenvalue weighted by Gasteiger charge is 2.33. The number of primary sulfonamides is 1. The summed E-state index contributed by atoms with van der Waals surface area (Å²) < 4.78 is 24.9. The van der Waals surface area contributed by atoms with Crippen LogP contribution in [0.5, 0.6) is 0 Å². The fraction of sp³-hybridized carbons (Fsp3) is 0.385. The average Bonchev–Trinajstić information content (AvgIpc) is 3.15. The van der Waals surface area contributed by atoms with Gasteiger partial charge in [-0.05, 0) is 25.0 Å². The molecule has 0 atom stereocenters. The van der Waals surface area contributed by atoms with Crippen LogP contribution in [0.15, 0.2) is 29.4 Å². The van der Waals surface area contributed by atoms with Crippen molar-refractivity contribution in [2.75, 3.05) is 19.0 Å². The molecular weight excluding hydrogens is 290 g/mol. The van der Waals surface area contributed by atoms with Gasteiger partial charge in [-0.3, -0.25) is 4.57 Å². The molecule has 21 heavy (non-hydrogen) atoms. The van der Waals surface area contributed by atoms with Gasteiger partial charge in [0.15, 0.2) is 5.82 Å². The van der Waals surface area contributed by atoms with E-state index >= 15 is 0 Å². The summed E-state index contributed by atoms with van der Waals surface area (Å²) in [6.07, 6.45) is 1.84. The lowest BCUT2D eigenvalue weighted by Crippen LogP contribution is -2.18. The smallest absolute Gasteiger partial charge is 0.273 e. The minimum absolute atomic E-state index is 0.117. The van der Waals surface area contributed by atoms with Crippen molar-refractivity contribution in [3.63, 3.8) is 0 Å². The van der Waals surface area contributed by atoms with E-state index in [1.54, 1.807) is 4.57 Å². The lowest BCUT2D eigenvalue weighted by atomic mass is 10.2. The molecule has 0 amide bonds. The maximum atomic E-state index is 11.7. The van der Waals surface area contributed by atoms with Crippen LogP contribution in [-0.2, 0) is 10.0 Å². The Morgan fingerprint density at radius 1 is 1.29 bits per heavy atom. The fourth-order valence-corrected chi connectivity index (χ4v) is 2.92. The summed E-state index contributed by atoms with van der Waals surface area (Å²) in [5, 5.41) is 12.9. The van der Waals surface area contributed by atoms with Gasteiger partial charge in [0.2, 0.25) is 0 Å². The predicted molar refractivity (Wildman–Crippen MR) is 79.4 cm³/mol. The van der Waals surface area contributed by atoms with Crippen molar-refractivity contribution < 1.29 is 8.42 Å². The van der Waals surface area contributed by atoms with Gasteiger partial charge in [0.05, 0.1) is 0 Å². The molecule has 2 N–H and O–H groups in total. The molecule has 0 bridgehead atoms. The molecule has 7 nitrogen and oxygen atoms in total. The van der Waals surface area contributed by atoms with Crippen LogP contribution >= 0.6 is 0 Å². The molecular formula is C13H17N5O2S. The topological polar surface area (TPSA) is 94.1 Å². The molecule has 0 radical (unpaired) electrons. The maximum absolute atomic E-state index is 11.7. The van der Waals surface area contributed by atoms with Gasteiger partial charge in [-0.2, -0.15) is 0 Å². The summed E-state index contributed by atoms with van der Waals surface area (Å²) in [6.45, 7) is 0. The van der Waals surface area contributed by atoms with E-state index in [2.05, 4.69) is 10.2 Å². The summed E-state index contributed by atoms with van der Waals surface area (Å²) in [7, 11) is 0.0167. The van der Waals surface area contributed by atoms with Crippen LogP contribution < -0.4 is 10.0 Å². The van der Waals surface area contributed by atoms with Crippen LogP contribution in [0.25, 0.3) is 11.4 Å². The zero-order chi connectivity index (χ0) is 15.2. The van der Waals surface area contributed by atoms with Crippen molar-refractivity contribution in [2.45, 2.75) is 24.0 Å². The standard InChI is InChI=1S/C13H17N5O2S/c1-17(2)11-5-3-4-9(8-11)12-15-16-13(21(14,19)20)18(12)10-6-7-10/h3-5,8,10H,6-7H2,1-2H3,(H2,14,19,20). The Morgan fingerprint density at radius 2 is 2.00 bits per heavy atom. The van der Waals surface area contributed by atoms with Crippen LogP contribution in [0.3, 0.4) is 0 Å². The first-order chi connectivity index (χ1) is 9.88. The quantitative estimate of drug-likeness (QED) is 0.909. The Kier molecular flexibility index (Phi) is 3.22. The van der Waals surface area contributed by atoms with E-state index in [1.165, 1.54) is 0 Å². The minimum Gasteiger partial charge on any atom is -0.378 e. The van der Waals surface area contributed by atoms with Gasteiger partial charge in [0.1, 0.15) is 0 Å². The van der Waals surface area contributed by atoms with Crippen molar-refractivity contribution in [2.24, 2.45) is 5.14 Å². The number of benzene rings is 1.